The van der Waals surface area contributed by atoms with Crippen molar-refractivity contribution in [1.29, 1.82) is 0 Å². The van der Waals surface area contributed by atoms with Crippen molar-refractivity contribution in [3.8, 4) is 5.75 Å². The fourth-order valence-corrected chi connectivity index (χ4v) is 1.45. The smallest absolute Gasteiger partial charge is 0.258 e. The van der Waals surface area contributed by atoms with E-state index in [0.29, 0.717) is 6.54 Å². The molecular formula is C12H18N2O2. The summed E-state index contributed by atoms with van der Waals surface area (Å²) in [6.45, 7) is 4.29. The number of carbonyl (C=O) groups is 1. The molecule has 0 aliphatic rings. The first-order valence-electron chi connectivity index (χ1n) is 5.25. The third kappa shape index (κ3) is 2.97. The Hall–Kier alpha value is -1.55. The largest absolute Gasteiger partial charge is 0.480 e. The molecule has 0 spiro atoms. The van der Waals surface area contributed by atoms with Crippen LogP contribution < -0.4 is 15.8 Å². The summed E-state index contributed by atoms with van der Waals surface area (Å²) < 4.78 is 5.58. The van der Waals surface area contributed by atoms with Crippen LogP contribution in [-0.2, 0) is 11.3 Å². The minimum absolute atomic E-state index is 0.460. The number of para-hydroxylation sites is 1. The Bertz CT molecular complexity index is 377. The molecule has 1 aromatic rings. The first-order chi connectivity index (χ1) is 7.56. The highest BCUT2D eigenvalue weighted by Crippen LogP contribution is 2.24. The molecular weight excluding hydrogens is 204 g/mol. The number of primary amides is 1. The van der Waals surface area contributed by atoms with Crippen LogP contribution in [0.15, 0.2) is 18.2 Å². The van der Waals surface area contributed by atoms with Crippen LogP contribution in [0.4, 0.5) is 0 Å². The third-order valence-electron chi connectivity index (χ3n) is 2.36. The molecule has 1 aromatic carbocycles. The summed E-state index contributed by atoms with van der Waals surface area (Å²) in [4.78, 5) is 11.0. The number of hydrogen-bond acceptors (Lipinski definition) is 3. The molecule has 0 aliphatic heterocycles. The number of ether oxygens (including phenoxy) is 1. The van der Waals surface area contributed by atoms with E-state index in [1.165, 1.54) is 0 Å². The second kappa shape index (κ2) is 5.51. The van der Waals surface area contributed by atoms with Gasteiger partial charge in [0.2, 0.25) is 0 Å². The lowest BCUT2D eigenvalue weighted by Gasteiger charge is -2.17. The molecule has 0 saturated carbocycles. The van der Waals surface area contributed by atoms with Crippen molar-refractivity contribution in [2.75, 3.05) is 7.05 Å². The van der Waals surface area contributed by atoms with Gasteiger partial charge >= 0.3 is 0 Å². The summed E-state index contributed by atoms with van der Waals surface area (Å²) in [5.41, 5.74) is 7.20. The monoisotopic (exact) mass is 222 g/mol. The first-order valence-corrected chi connectivity index (χ1v) is 5.25. The van der Waals surface area contributed by atoms with Crippen LogP contribution in [0, 0.1) is 6.92 Å². The Morgan fingerprint density at radius 3 is 2.81 bits per heavy atom. The summed E-state index contributed by atoms with van der Waals surface area (Å²) in [6.07, 6.45) is -0.614. The third-order valence-corrected chi connectivity index (χ3v) is 2.36. The summed E-state index contributed by atoms with van der Waals surface area (Å²) >= 11 is 0. The van der Waals surface area contributed by atoms with E-state index in [2.05, 4.69) is 5.32 Å². The highest BCUT2D eigenvalue weighted by atomic mass is 16.5. The van der Waals surface area contributed by atoms with Crippen LogP contribution in [0.2, 0.25) is 0 Å². The number of rotatable bonds is 5. The quantitative estimate of drug-likeness (QED) is 0.780. The predicted molar refractivity (Wildman–Crippen MR) is 63.2 cm³/mol. The van der Waals surface area contributed by atoms with Crippen LogP contribution in [-0.4, -0.2) is 19.1 Å². The second-order valence-corrected chi connectivity index (χ2v) is 3.76. The van der Waals surface area contributed by atoms with Crippen molar-refractivity contribution in [3.05, 3.63) is 29.3 Å². The molecule has 0 aliphatic carbocycles. The van der Waals surface area contributed by atoms with Gasteiger partial charge in [-0.1, -0.05) is 18.2 Å². The van der Waals surface area contributed by atoms with Gasteiger partial charge in [-0.05, 0) is 26.5 Å². The molecule has 88 valence electrons. The molecule has 4 nitrogen and oxygen atoms in total. The van der Waals surface area contributed by atoms with Crippen LogP contribution >= 0.6 is 0 Å². The predicted octanol–water partition coefficient (Wildman–Crippen LogP) is 0.967. The topological polar surface area (TPSA) is 64.3 Å². The number of aryl methyl sites for hydroxylation is 1. The SMILES string of the molecule is CNCc1cccc(C)c1OC(C)C(N)=O. The molecule has 1 atom stereocenters. The van der Waals surface area contributed by atoms with Crippen LogP contribution in [0.5, 0.6) is 5.75 Å². The van der Waals surface area contributed by atoms with Gasteiger partial charge < -0.3 is 15.8 Å². The molecule has 0 bridgehead atoms. The first kappa shape index (κ1) is 12.5. The maximum Gasteiger partial charge on any atom is 0.258 e. The number of hydrogen-bond donors (Lipinski definition) is 2. The minimum atomic E-state index is -0.614. The summed E-state index contributed by atoms with van der Waals surface area (Å²) in [5, 5.41) is 3.06. The van der Waals surface area contributed by atoms with Gasteiger partial charge in [-0.2, -0.15) is 0 Å². The van der Waals surface area contributed by atoms with Gasteiger partial charge in [0.25, 0.3) is 5.91 Å². The summed E-state index contributed by atoms with van der Waals surface area (Å²) in [7, 11) is 1.86. The van der Waals surface area contributed by atoms with Crippen molar-refractivity contribution in [2.45, 2.75) is 26.5 Å². The zero-order chi connectivity index (χ0) is 12.1. The lowest BCUT2D eigenvalue weighted by molar-refractivity contribution is -0.124. The maximum absolute atomic E-state index is 11.0. The number of nitrogens with one attached hydrogen (secondary N) is 1. The van der Waals surface area contributed by atoms with E-state index in [4.69, 9.17) is 10.5 Å². The molecule has 0 heterocycles. The van der Waals surface area contributed by atoms with E-state index in [-0.39, 0.29) is 0 Å². The van der Waals surface area contributed by atoms with Crippen molar-refractivity contribution in [3.63, 3.8) is 0 Å². The Morgan fingerprint density at radius 2 is 2.25 bits per heavy atom. The maximum atomic E-state index is 11.0. The van der Waals surface area contributed by atoms with Gasteiger partial charge in [-0.25, -0.2) is 0 Å². The Labute approximate surface area is 95.8 Å². The second-order valence-electron chi connectivity index (χ2n) is 3.76. The lowest BCUT2D eigenvalue weighted by atomic mass is 10.1. The van der Waals surface area contributed by atoms with E-state index >= 15 is 0 Å². The van der Waals surface area contributed by atoms with Crippen molar-refractivity contribution in [1.82, 2.24) is 5.32 Å². The van der Waals surface area contributed by atoms with E-state index in [1.807, 2.05) is 32.2 Å². The molecule has 0 saturated heterocycles. The van der Waals surface area contributed by atoms with Crippen molar-refractivity contribution in [2.24, 2.45) is 5.73 Å². The molecule has 0 aromatic heterocycles. The zero-order valence-corrected chi connectivity index (χ0v) is 9.91. The van der Waals surface area contributed by atoms with E-state index < -0.39 is 12.0 Å². The van der Waals surface area contributed by atoms with Crippen LogP contribution in [0.3, 0.4) is 0 Å². The molecule has 1 amide bonds. The number of carbonyl (C=O) groups excluding carboxylic acids is 1. The molecule has 4 heteroatoms. The molecule has 1 unspecified atom stereocenters. The lowest BCUT2D eigenvalue weighted by Crippen LogP contribution is -2.31. The van der Waals surface area contributed by atoms with Gasteiger partial charge in [-0.15, -0.1) is 0 Å². The standard InChI is InChI=1S/C12H18N2O2/c1-8-5-4-6-10(7-14-3)11(8)16-9(2)12(13)15/h4-6,9,14H,7H2,1-3H3,(H2,13,15). The molecule has 16 heavy (non-hydrogen) atoms. The van der Waals surface area contributed by atoms with Gasteiger partial charge in [0, 0.05) is 12.1 Å². The van der Waals surface area contributed by atoms with Gasteiger partial charge in [-0.3, -0.25) is 4.79 Å². The summed E-state index contributed by atoms with van der Waals surface area (Å²) in [6, 6.07) is 5.87. The fraction of sp³-hybridized carbons (Fsp3) is 0.417. The van der Waals surface area contributed by atoms with E-state index in [1.54, 1.807) is 6.92 Å². The average molecular weight is 222 g/mol. The molecule has 0 radical (unpaired) electrons. The minimum Gasteiger partial charge on any atom is -0.480 e. The molecule has 3 N–H and O–H groups in total. The Balaban J connectivity index is 2.96. The number of benzene rings is 1. The van der Waals surface area contributed by atoms with Gasteiger partial charge in [0.1, 0.15) is 5.75 Å². The van der Waals surface area contributed by atoms with Gasteiger partial charge in [0.15, 0.2) is 6.10 Å². The zero-order valence-electron chi connectivity index (χ0n) is 9.91. The highest BCUT2D eigenvalue weighted by molar-refractivity contribution is 5.78. The Morgan fingerprint density at radius 1 is 1.56 bits per heavy atom. The van der Waals surface area contributed by atoms with E-state index in [0.717, 1.165) is 16.9 Å². The number of nitrogens with two attached hydrogens (primary N) is 1. The molecule has 1 rings (SSSR count). The molecule has 0 fully saturated rings. The number of amides is 1. The van der Waals surface area contributed by atoms with Crippen molar-refractivity contribution >= 4 is 5.91 Å². The summed E-state index contributed by atoms with van der Waals surface area (Å²) in [5.74, 6) is 0.279. The van der Waals surface area contributed by atoms with Crippen LogP contribution in [0.25, 0.3) is 0 Å². The van der Waals surface area contributed by atoms with Gasteiger partial charge in [0.05, 0.1) is 0 Å². The normalized spacial score (nSPS) is 12.2. The van der Waals surface area contributed by atoms with Crippen molar-refractivity contribution < 1.29 is 9.53 Å². The van der Waals surface area contributed by atoms with E-state index in [9.17, 15) is 4.79 Å². The van der Waals surface area contributed by atoms with Crippen LogP contribution in [0.1, 0.15) is 18.1 Å². The fourth-order valence-electron chi connectivity index (χ4n) is 1.45. The highest BCUT2D eigenvalue weighted by Gasteiger charge is 2.14. The Kier molecular flexibility index (Phi) is 4.31. The average Bonchev–Trinajstić information content (AvgIpc) is 2.23.